The van der Waals surface area contributed by atoms with Crippen LogP contribution < -0.4 is 10.2 Å². The molecular formula is C19H19N3O2S. The number of hydrogen-bond acceptors (Lipinski definition) is 5. The second-order valence-corrected chi connectivity index (χ2v) is 7.45. The summed E-state index contributed by atoms with van der Waals surface area (Å²) in [4.78, 5) is 16.0. The molecule has 0 aliphatic heterocycles. The number of carbonyl (C=O) groups excluding carboxylic acids is 1. The average molecular weight is 353 g/mol. The van der Waals surface area contributed by atoms with Crippen molar-refractivity contribution in [3.05, 3.63) is 51.3 Å². The minimum Gasteiger partial charge on any atom is -0.377 e. The van der Waals surface area contributed by atoms with Crippen LogP contribution in [0.4, 0.5) is 11.4 Å². The van der Waals surface area contributed by atoms with Gasteiger partial charge < -0.3 is 14.7 Å². The van der Waals surface area contributed by atoms with Gasteiger partial charge in [-0.2, -0.15) is 0 Å². The maximum Gasteiger partial charge on any atom is 0.278 e. The third-order valence-electron chi connectivity index (χ3n) is 4.54. The molecule has 1 N–H and O–H groups in total. The number of aryl methyl sites for hydroxylation is 2. The summed E-state index contributed by atoms with van der Waals surface area (Å²) in [6, 6.07) is 7.91. The number of nitrogens with one attached hydrogen (secondary N) is 1. The predicted octanol–water partition coefficient (Wildman–Crippen LogP) is 4.13. The van der Waals surface area contributed by atoms with Crippen LogP contribution in [0.3, 0.4) is 0 Å². The number of aromatic nitrogens is 1. The van der Waals surface area contributed by atoms with E-state index in [1.165, 1.54) is 4.88 Å². The van der Waals surface area contributed by atoms with Crippen molar-refractivity contribution in [3.63, 3.8) is 0 Å². The fourth-order valence-corrected chi connectivity index (χ4v) is 4.14. The molecule has 0 radical (unpaired) electrons. The Morgan fingerprint density at radius 3 is 2.92 bits per heavy atom. The lowest BCUT2D eigenvalue weighted by atomic mass is 9.95. The molecule has 2 heterocycles. The van der Waals surface area contributed by atoms with Crippen molar-refractivity contribution in [2.45, 2.75) is 19.8 Å². The topological polar surface area (TPSA) is 58.4 Å². The Labute approximate surface area is 150 Å². The highest BCUT2D eigenvalue weighted by molar-refractivity contribution is 7.10. The highest BCUT2D eigenvalue weighted by atomic mass is 32.1. The van der Waals surface area contributed by atoms with Crippen LogP contribution in [0.2, 0.25) is 0 Å². The van der Waals surface area contributed by atoms with E-state index in [1.807, 2.05) is 50.2 Å². The Morgan fingerprint density at radius 1 is 1.28 bits per heavy atom. The van der Waals surface area contributed by atoms with E-state index in [2.05, 4.69) is 15.9 Å². The molecule has 0 spiro atoms. The quantitative estimate of drug-likeness (QED) is 0.769. The van der Waals surface area contributed by atoms with Crippen molar-refractivity contribution >= 4 is 28.6 Å². The third-order valence-corrected chi connectivity index (χ3v) is 5.52. The molecule has 0 saturated heterocycles. The first-order valence-corrected chi connectivity index (χ1v) is 9.07. The van der Waals surface area contributed by atoms with Crippen LogP contribution in [-0.2, 0) is 12.8 Å². The standard InChI is InChI=1S/C19H19N3O2S/c1-11-4-5-12(10-15(11)22(2)3)20-19(23)17-14-6-7-16-13(8-9-25-16)18(14)24-21-17/h4-5,8-10H,6-7H2,1-3H3,(H,20,23). The van der Waals surface area contributed by atoms with Crippen LogP contribution in [0.25, 0.3) is 11.3 Å². The molecule has 1 aromatic carbocycles. The first-order valence-electron chi connectivity index (χ1n) is 8.19. The lowest BCUT2D eigenvalue weighted by molar-refractivity contribution is 0.101. The van der Waals surface area contributed by atoms with Crippen molar-refractivity contribution in [1.82, 2.24) is 5.16 Å². The fraction of sp³-hybridized carbons (Fsp3) is 0.263. The summed E-state index contributed by atoms with van der Waals surface area (Å²) in [7, 11) is 3.97. The number of amides is 1. The summed E-state index contributed by atoms with van der Waals surface area (Å²) >= 11 is 1.72. The lowest BCUT2D eigenvalue weighted by Crippen LogP contribution is -2.16. The molecule has 1 aliphatic rings. The van der Waals surface area contributed by atoms with Gasteiger partial charge in [0.05, 0.1) is 0 Å². The van der Waals surface area contributed by atoms with Crippen LogP contribution in [0.5, 0.6) is 0 Å². The summed E-state index contributed by atoms with van der Waals surface area (Å²) in [6.07, 6.45) is 1.71. The van der Waals surface area contributed by atoms with E-state index < -0.39 is 0 Å². The van der Waals surface area contributed by atoms with Gasteiger partial charge in [-0.25, -0.2) is 0 Å². The monoisotopic (exact) mass is 353 g/mol. The summed E-state index contributed by atoms with van der Waals surface area (Å²) in [5.74, 6) is 0.516. The van der Waals surface area contributed by atoms with E-state index in [0.29, 0.717) is 5.69 Å². The molecule has 5 nitrogen and oxygen atoms in total. The first kappa shape index (κ1) is 15.9. The van der Waals surface area contributed by atoms with Crippen LogP contribution in [0, 0.1) is 6.92 Å². The Morgan fingerprint density at radius 2 is 2.12 bits per heavy atom. The molecule has 0 bridgehead atoms. The lowest BCUT2D eigenvalue weighted by Gasteiger charge is -2.17. The molecule has 25 heavy (non-hydrogen) atoms. The number of hydrogen-bond donors (Lipinski definition) is 1. The molecule has 1 aliphatic carbocycles. The van der Waals surface area contributed by atoms with Crippen LogP contribution in [0.1, 0.15) is 26.5 Å². The molecule has 0 atom stereocenters. The Hall–Kier alpha value is -2.60. The van der Waals surface area contributed by atoms with E-state index >= 15 is 0 Å². The van der Waals surface area contributed by atoms with E-state index in [0.717, 1.165) is 46.7 Å². The number of rotatable bonds is 3. The summed E-state index contributed by atoms with van der Waals surface area (Å²) in [5, 5.41) is 9.06. The van der Waals surface area contributed by atoms with Crippen LogP contribution in [-0.4, -0.2) is 25.2 Å². The van der Waals surface area contributed by atoms with Gasteiger partial charge in [-0.1, -0.05) is 11.2 Å². The van der Waals surface area contributed by atoms with Gasteiger partial charge in [-0.05, 0) is 48.9 Å². The number of anilines is 2. The zero-order valence-electron chi connectivity index (χ0n) is 14.4. The average Bonchev–Trinajstić information content (AvgIpc) is 3.21. The molecule has 3 aromatic rings. The second kappa shape index (κ2) is 6.04. The minimum absolute atomic E-state index is 0.225. The highest BCUT2D eigenvalue weighted by Gasteiger charge is 2.28. The normalized spacial score (nSPS) is 12.4. The zero-order valence-corrected chi connectivity index (χ0v) is 15.2. The van der Waals surface area contributed by atoms with E-state index in [4.69, 9.17) is 4.52 Å². The van der Waals surface area contributed by atoms with Gasteiger partial charge in [0.15, 0.2) is 11.5 Å². The fourth-order valence-electron chi connectivity index (χ4n) is 3.27. The number of fused-ring (bicyclic) bond motifs is 3. The van der Waals surface area contributed by atoms with Crippen molar-refractivity contribution in [1.29, 1.82) is 0 Å². The molecule has 1 amide bonds. The third kappa shape index (κ3) is 2.72. The summed E-state index contributed by atoms with van der Waals surface area (Å²) in [5.41, 5.74) is 5.35. The number of benzene rings is 1. The van der Waals surface area contributed by atoms with E-state index in [-0.39, 0.29) is 5.91 Å². The van der Waals surface area contributed by atoms with E-state index in [1.54, 1.807) is 11.3 Å². The van der Waals surface area contributed by atoms with Gasteiger partial charge >= 0.3 is 0 Å². The number of thiophene rings is 1. The predicted molar refractivity (Wildman–Crippen MR) is 101 cm³/mol. The number of carbonyl (C=O) groups is 1. The molecule has 2 aromatic heterocycles. The highest BCUT2D eigenvalue weighted by Crippen LogP contribution is 2.38. The smallest absolute Gasteiger partial charge is 0.278 e. The zero-order chi connectivity index (χ0) is 17.6. The van der Waals surface area contributed by atoms with Gasteiger partial charge in [-0.3, -0.25) is 4.79 Å². The van der Waals surface area contributed by atoms with Gasteiger partial charge in [0.25, 0.3) is 5.91 Å². The maximum atomic E-state index is 12.7. The molecule has 128 valence electrons. The second-order valence-electron chi connectivity index (χ2n) is 6.45. The molecular weight excluding hydrogens is 334 g/mol. The van der Waals surface area contributed by atoms with Gasteiger partial charge in [0.1, 0.15) is 0 Å². The number of nitrogens with zero attached hydrogens (tertiary/aromatic N) is 2. The van der Waals surface area contributed by atoms with Crippen LogP contribution >= 0.6 is 11.3 Å². The summed E-state index contributed by atoms with van der Waals surface area (Å²) < 4.78 is 5.50. The SMILES string of the molecule is Cc1ccc(NC(=O)c2noc3c2CCc2sccc2-3)cc1N(C)C. The van der Waals surface area contributed by atoms with Crippen molar-refractivity contribution in [2.75, 3.05) is 24.3 Å². The molecule has 4 rings (SSSR count). The Balaban J connectivity index is 1.63. The van der Waals surface area contributed by atoms with Gasteiger partial charge in [-0.15, -0.1) is 11.3 Å². The maximum absolute atomic E-state index is 12.7. The van der Waals surface area contributed by atoms with Crippen molar-refractivity contribution in [3.8, 4) is 11.3 Å². The Bertz CT molecular complexity index is 955. The van der Waals surface area contributed by atoms with Gasteiger partial charge in [0, 0.05) is 41.5 Å². The van der Waals surface area contributed by atoms with Crippen LogP contribution in [0.15, 0.2) is 34.2 Å². The molecule has 0 saturated carbocycles. The largest absolute Gasteiger partial charge is 0.377 e. The molecule has 6 heteroatoms. The molecule has 0 unspecified atom stereocenters. The summed E-state index contributed by atoms with van der Waals surface area (Å²) in [6.45, 7) is 2.05. The molecule has 0 fully saturated rings. The van der Waals surface area contributed by atoms with E-state index in [9.17, 15) is 4.79 Å². The minimum atomic E-state index is -0.225. The van der Waals surface area contributed by atoms with Gasteiger partial charge in [0.2, 0.25) is 0 Å². The van der Waals surface area contributed by atoms with Crippen molar-refractivity contribution in [2.24, 2.45) is 0 Å². The Kier molecular flexibility index (Phi) is 3.84. The first-order chi connectivity index (χ1) is 12.0. The van der Waals surface area contributed by atoms with Crippen molar-refractivity contribution < 1.29 is 9.32 Å².